The van der Waals surface area contributed by atoms with Crippen LogP contribution >= 0.6 is 24.0 Å². The number of nitrogens with one attached hydrogen (secondary N) is 2. The van der Waals surface area contributed by atoms with Gasteiger partial charge in [0.05, 0.1) is 12.2 Å². The number of guanidine groups is 1. The van der Waals surface area contributed by atoms with Crippen molar-refractivity contribution in [2.75, 3.05) is 26.7 Å². The molecule has 0 unspecified atom stereocenters. The molecule has 7 nitrogen and oxygen atoms in total. The molecule has 0 saturated heterocycles. The minimum Gasteiger partial charge on any atom is -0.475 e. The molecule has 2 heterocycles. The topological polar surface area (TPSA) is 76.4 Å². The van der Waals surface area contributed by atoms with E-state index in [-0.39, 0.29) is 37.1 Å². The van der Waals surface area contributed by atoms with E-state index in [1.54, 1.807) is 7.05 Å². The summed E-state index contributed by atoms with van der Waals surface area (Å²) in [5.41, 5.74) is 1.22. The van der Waals surface area contributed by atoms with Crippen LogP contribution in [0, 0.1) is 13.8 Å². The van der Waals surface area contributed by atoms with Crippen LogP contribution in [0.25, 0.3) is 0 Å². The van der Waals surface area contributed by atoms with Gasteiger partial charge >= 0.3 is 6.18 Å². The van der Waals surface area contributed by atoms with Crippen LogP contribution in [0.15, 0.2) is 29.4 Å². The van der Waals surface area contributed by atoms with Gasteiger partial charge in [0.15, 0.2) is 5.96 Å². The molecule has 0 aliphatic carbocycles. The molecule has 0 fully saturated rings. The molecule has 0 bridgehead atoms. The van der Waals surface area contributed by atoms with E-state index in [9.17, 15) is 13.2 Å². The third-order valence-electron chi connectivity index (χ3n) is 3.88. The van der Waals surface area contributed by atoms with Crippen molar-refractivity contribution in [3.63, 3.8) is 0 Å². The summed E-state index contributed by atoms with van der Waals surface area (Å²) in [6.45, 7) is 5.74. The summed E-state index contributed by atoms with van der Waals surface area (Å²) in [5.74, 6) is 0.124. The van der Waals surface area contributed by atoms with Gasteiger partial charge in [0.2, 0.25) is 5.88 Å². The lowest BCUT2D eigenvalue weighted by Crippen LogP contribution is -2.40. The number of hydrogen-bond acceptors (Lipinski definition) is 4. The minimum absolute atomic E-state index is 0. The Bertz CT molecular complexity index is 794. The first-order valence-electron chi connectivity index (χ1n) is 8.92. The molecule has 0 radical (unpaired) electrons. The molecular formula is C18H26F3IN6O. The van der Waals surface area contributed by atoms with Gasteiger partial charge in [0, 0.05) is 32.0 Å². The van der Waals surface area contributed by atoms with Crippen LogP contribution in [-0.2, 0) is 12.7 Å². The van der Waals surface area contributed by atoms with Crippen molar-refractivity contribution in [3.8, 4) is 5.88 Å². The highest BCUT2D eigenvalue weighted by molar-refractivity contribution is 14.0. The van der Waals surface area contributed by atoms with Gasteiger partial charge in [-0.05, 0) is 38.5 Å². The molecule has 162 valence electrons. The largest absolute Gasteiger partial charge is 0.475 e. The van der Waals surface area contributed by atoms with E-state index in [0.29, 0.717) is 12.5 Å². The Morgan fingerprint density at radius 1 is 1.24 bits per heavy atom. The number of aryl methyl sites for hydroxylation is 3. The number of nitrogens with zero attached hydrogens (tertiary/aromatic N) is 4. The molecule has 2 N–H and O–H groups in total. The van der Waals surface area contributed by atoms with E-state index in [0.717, 1.165) is 30.4 Å². The van der Waals surface area contributed by atoms with Crippen molar-refractivity contribution in [2.45, 2.75) is 33.0 Å². The molecular weight excluding hydrogens is 500 g/mol. The highest BCUT2D eigenvalue weighted by Gasteiger charge is 2.34. The first-order valence-corrected chi connectivity index (χ1v) is 8.92. The highest BCUT2D eigenvalue weighted by Crippen LogP contribution is 2.34. The van der Waals surface area contributed by atoms with Gasteiger partial charge < -0.3 is 15.4 Å². The predicted molar refractivity (Wildman–Crippen MR) is 116 cm³/mol. The average molecular weight is 526 g/mol. The van der Waals surface area contributed by atoms with Crippen LogP contribution < -0.4 is 15.4 Å². The monoisotopic (exact) mass is 526 g/mol. The van der Waals surface area contributed by atoms with Gasteiger partial charge in [-0.15, -0.1) is 24.0 Å². The zero-order valence-electron chi connectivity index (χ0n) is 16.6. The molecule has 0 amide bonds. The van der Waals surface area contributed by atoms with Crippen LogP contribution in [0.3, 0.4) is 0 Å². The molecule has 29 heavy (non-hydrogen) atoms. The highest BCUT2D eigenvalue weighted by atomic mass is 127. The van der Waals surface area contributed by atoms with Gasteiger partial charge in [-0.25, -0.2) is 4.98 Å². The van der Waals surface area contributed by atoms with Crippen molar-refractivity contribution in [1.29, 1.82) is 0 Å². The maximum absolute atomic E-state index is 12.9. The summed E-state index contributed by atoms with van der Waals surface area (Å²) in [6, 6.07) is 4.20. The average Bonchev–Trinajstić information content (AvgIpc) is 2.97. The first-order chi connectivity index (χ1) is 13.3. The van der Waals surface area contributed by atoms with E-state index in [1.807, 2.05) is 24.6 Å². The Balaban J connectivity index is 0.00000420. The second kappa shape index (κ2) is 11.8. The summed E-state index contributed by atoms with van der Waals surface area (Å²) in [7, 11) is 1.62. The van der Waals surface area contributed by atoms with Crippen LogP contribution in [-0.4, -0.2) is 47.5 Å². The Hall–Kier alpha value is -2.05. The van der Waals surface area contributed by atoms with Gasteiger partial charge in [0.1, 0.15) is 12.2 Å². The van der Waals surface area contributed by atoms with Crippen molar-refractivity contribution < 1.29 is 17.9 Å². The molecule has 0 aliphatic heterocycles. The molecule has 0 atom stereocenters. The first kappa shape index (κ1) is 25.0. The van der Waals surface area contributed by atoms with Crippen LogP contribution in [0.5, 0.6) is 5.88 Å². The zero-order valence-corrected chi connectivity index (χ0v) is 18.9. The number of halogens is 4. The maximum atomic E-state index is 12.9. The lowest BCUT2D eigenvalue weighted by atomic mass is 10.2. The summed E-state index contributed by atoms with van der Waals surface area (Å²) < 4.78 is 45.8. The molecule has 0 spiro atoms. The fourth-order valence-corrected chi connectivity index (χ4v) is 2.60. The van der Waals surface area contributed by atoms with Crippen LogP contribution in [0.2, 0.25) is 0 Å². The fourth-order valence-electron chi connectivity index (χ4n) is 2.60. The third kappa shape index (κ3) is 8.07. The van der Waals surface area contributed by atoms with E-state index in [4.69, 9.17) is 4.74 Å². The Kier molecular flexibility index (Phi) is 10.2. The lowest BCUT2D eigenvalue weighted by Gasteiger charge is -2.14. The molecule has 2 rings (SSSR count). The molecule has 0 aliphatic rings. The number of alkyl halides is 3. The van der Waals surface area contributed by atoms with Gasteiger partial charge in [-0.2, -0.15) is 18.3 Å². The van der Waals surface area contributed by atoms with Gasteiger partial charge in [-0.3, -0.25) is 9.67 Å². The maximum Gasteiger partial charge on any atom is 0.421 e. The number of rotatable bonds is 8. The second-order valence-corrected chi connectivity index (χ2v) is 6.13. The lowest BCUT2D eigenvalue weighted by molar-refractivity contribution is -0.139. The molecule has 2 aromatic rings. The number of aromatic nitrogens is 3. The normalized spacial score (nSPS) is 11.7. The van der Waals surface area contributed by atoms with Crippen molar-refractivity contribution >= 4 is 29.9 Å². The summed E-state index contributed by atoms with van der Waals surface area (Å²) >= 11 is 0. The minimum atomic E-state index is -4.50. The van der Waals surface area contributed by atoms with Gasteiger partial charge in [0.25, 0.3) is 0 Å². The summed E-state index contributed by atoms with van der Waals surface area (Å²) in [4.78, 5) is 7.73. The van der Waals surface area contributed by atoms with E-state index in [1.165, 1.54) is 12.3 Å². The smallest absolute Gasteiger partial charge is 0.421 e. The molecule has 11 heteroatoms. The second-order valence-electron chi connectivity index (χ2n) is 6.13. The molecule has 0 aromatic carbocycles. The van der Waals surface area contributed by atoms with Crippen molar-refractivity contribution in [1.82, 2.24) is 25.4 Å². The number of ether oxygens (including phenoxy) is 1. The Morgan fingerprint density at radius 3 is 2.59 bits per heavy atom. The van der Waals surface area contributed by atoms with E-state index >= 15 is 0 Å². The fraction of sp³-hybridized carbons (Fsp3) is 0.500. The Labute approximate surface area is 185 Å². The third-order valence-corrected chi connectivity index (χ3v) is 3.88. The van der Waals surface area contributed by atoms with Crippen molar-refractivity contribution in [2.24, 2.45) is 4.99 Å². The standard InChI is InChI=1S/C18H25F3N6O.HI/c1-13-12-14(2)27(26-13)10-5-8-24-17(22-3)25-9-11-28-16-15(18(19,20)21)6-4-7-23-16;/h4,6-7,12H,5,8-11H2,1-3H3,(H2,22,24,25);1H. The number of aliphatic imine (C=N–C) groups is 1. The molecule has 0 saturated carbocycles. The predicted octanol–water partition coefficient (Wildman–Crippen LogP) is 3.17. The van der Waals surface area contributed by atoms with Crippen molar-refractivity contribution in [3.05, 3.63) is 41.3 Å². The van der Waals surface area contributed by atoms with Gasteiger partial charge in [-0.1, -0.05) is 0 Å². The zero-order chi connectivity index (χ0) is 20.6. The quantitative estimate of drug-likeness (QED) is 0.239. The summed E-state index contributed by atoms with van der Waals surface area (Å²) in [5, 5.41) is 10.5. The van der Waals surface area contributed by atoms with E-state index in [2.05, 4.69) is 25.7 Å². The van der Waals surface area contributed by atoms with Crippen LogP contribution in [0.1, 0.15) is 23.4 Å². The van der Waals surface area contributed by atoms with Crippen LogP contribution in [0.4, 0.5) is 13.2 Å². The number of hydrogen-bond donors (Lipinski definition) is 2. The number of pyridine rings is 1. The molecule has 2 aromatic heterocycles. The Morgan fingerprint density at radius 2 is 1.97 bits per heavy atom. The SMILES string of the molecule is CN=C(NCCCn1nc(C)cc1C)NCCOc1ncccc1C(F)(F)F.I. The summed E-state index contributed by atoms with van der Waals surface area (Å²) in [6.07, 6.45) is -2.39. The van der Waals surface area contributed by atoms with E-state index < -0.39 is 17.6 Å².